The molecule has 13 heavy (non-hydrogen) atoms. The maximum absolute atomic E-state index is 5.39. The SMILES string of the molecule is COC(C)CNCC1CCCOC1. The first kappa shape index (κ1) is 11.0. The molecule has 2 unspecified atom stereocenters. The first-order valence-corrected chi connectivity index (χ1v) is 5.14. The molecule has 0 saturated carbocycles. The summed E-state index contributed by atoms with van der Waals surface area (Å²) in [6, 6.07) is 0. The van der Waals surface area contributed by atoms with E-state index in [0.29, 0.717) is 12.0 Å². The minimum Gasteiger partial charge on any atom is -0.381 e. The van der Waals surface area contributed by atoms with Gasteiger partial charge in [0.2, 0.25) is 0 Å². The highest BCUT2D eigenvalue weighted by molar-refractivity contribution is 4.66. The minimum atomic E-state index is 0.310. The van der Waals surface area contributed by atoms with Crippen molar-refractivity contribution < 1.29 is 9.47 Å². The van der Waals surface area contributed by atoms with Crippen LogP contribution in [-0.4, -0.2) is 39.5 Å². The van der Waals surface area contributed by atoms with Crippen molar-refractivity contribution >= 4 is 0 Å². The zero-order valence-electron chi connectivity index (χ0n) is 8.71. The second kappa shape index (κ2) is 6.35. The zero-order valence-corrected chi connectivity index (χ0v) is 8.71. The van der Waals surface area contributed by atoms with E-state index < -0.39 is 0 Å². The predicted octanol–water partition coefficient (Wildman–Crippen LogP) is 1.04. The minimum absolute atomic E-state index is 0.310. The summed E-state index contributed by atoms with van der Waals surface area (Å²) in [4.78, 5) is 0. The van der Waals surface area contributed by atoms with Crippen molar-refractivity contribution in [1.29, 1.82) is 0 Å². The van der Waals surface area contributed by atoms with Crippen LogP contribution in [0.4, 0.5) is 0 Å². The van der Waals surface area contributed by atoms with Crippen LogP contribution in [-0.2, 0) is 9.47 Å². The molecule has 0 radical (unpaired) electrons. The Morgan fingerprint density at radius 1 is 1.62 bits per heavy atom. The average Bonchev–Trinajstić information content (AvgIpc) is 2.19. The summed E-state index contributed by atoms with van der Waals surface area (Å²) in [7, 11) is 1.75. The Morgan fingerprint density at radius 2 is 2.46 bits per heavy atom. The first-order chi connectivity index (χ1) is 6.33. The summed E-state index contributed by atoms with van der Waals surface area (Å²) < 4.78 is 10.5. The van der Waals surface area contributed by atoms with Gasteiger partial charge >= 0.3 is 0 Å². The molecular weight excluding hydrogens is 166 g/mol. The Labute approximate surface area is 80.8 Å². The maximum Gasteiger partial charge on any atom is 0.0667 e. The molecule has 0 aromatic heterocycles. The molecule has 1 rings (SSSR count). The van der Waals surface area contributed by atoms with Gasteiger partial charge in [-0.3, -0.25) is 0 Å². The largest absolute Gasteiger partial charge is 0.381 e. The van der Waals surface area contributed by atoms with Gasteiger partial charge in [0, 0.05) is 26.8 Å². The molecule has 1 N–H and O–H groups in total. The van der Waals surface area contributed by atoms with Gasteiger partial charge in [0.25, 0.3) is 0 Å². The van der Waals surface area contributed by atoms with Gasteiger partial charge < -0.3 is 14.8 Å². The Bertz CT molecular complexity index is 124. The molecule has 0 bridgehead atoms. The molecule has 1 aliphatic rings. The van der Waals surface area contributed by atoms with Crippen LogP contribution in [0.5, 0.6) is 0 Å². The summed E-state index contributed by atoms with van der Waals surface area (Å²) in [5.74, 6) is 0.706. The van der Waals surface area contributed by atoms with Crippen molar-refractivity contribution in [3.8, 4) is 0 Å². The molecule has 1 saturated heterocycles. The van der Waals surface area contributed by atoms with E-state index in [0.717, 1.165) is 26.3 Å². The lowest BCUT2D eigenvalue weighted by Gasteiger charge is -2.22. The van der Waals surface area contributed by atoms with E-state index in [1.807, 2.05) is 0 Å². The lowest BCUT2D eigenvalue weighted by Crippen LogP contribution is -2.33. The van der Waals surface area contributed by atoms with Gasteiger partial charge in [-0.1, -0.05) is 0 Å². The standard InChI is InChI=1S/C10H21NO2/c1-9(12-2)6-11-7-10-4-3-5-13-8-10/h9-11H,3-8H2,1-2H3. The molecular formula is C10H21NO2. The number of methoxy groups -OCH3 is 1. The van der Waals surface area contributed by atoms with Crippen LogP contribution in [0, 0.1) is 5.92 Å². The molecule has 1 aliphatic heterocycles. The molecule has 0 amide bonds. The monoisotopic (exact) mass is 187 g/mol. The van der Waals surface area contributed by atoms with Gasteiger partial charge in [0.15, 0.2) is 0 Å². The van der Waals surface area contributed by atoms with Crippen LogP contribution in [0.1, 0.15) is 19.8 Å². The molecule has 0 spiro atoms. The van der Waals surface area contributed by atoms with Gasteiger partial charge in [-0.25, -0.2) is 0 Å². The Hall–Kier alpha value is -0.120. The van der Waals surface area contributed by atoms with E-state index in [-0.39, 0.29) is 0 Å². The lowest BCUT2D eigenvalue weighted by molar-refractivity contribution is 0.0521. The fourth-order valence-corrected chi connectivity index (χ4v) is 1.54. The fraction of sp³-hybridized carbons (Fsp3) is 1.00. The highest BCUT2D eigenvalue weighted by atomic mass is 16.5. The van der Waals surface area contributed by atoms with Crippen molar-refractivity contribution in [2.45, 2.75) is 25.9 Å². The predicted molar refractivity (Wildman–Crippen MR) is 52.9 cm³/mol. The van der Waals surface area contributed by atoms with Crippen molar-refractivity contribution in [3.05, 3.63) is 0 Å². The average molecular weight is 187 g/mol. The summed E-state index contributed by atoms with van der Waals surface area (Å²) in [5.41, 5.74) is 0. The van der Waals surface area contributed by atoms with E-state index in [9.17, 15) is 0 Å². The number of hydrogen-bond donors (Lipinski definition) is 1. The second-order valence-electron chi connectivity index (χ2n) is 3.79. The number of rotatable bonds is 5. The Morgan fingerprint density at radius 3 is 3.08 bits per heavy atom. The van der Waals surface area contributed by atoms with Gasteiger partial charge in [0.05, 0.1) is 12.7 Å². The molecule has 1 fully saturated rings. The van der Waals surface area contributed by atoms with Crippen molar-refractivity contribution in [1.82, 2.24) is 5.32 Å². The van der Waals surface area contributed by atoms with Crippen LogP contribution in [0.2, 0.25) is 0 Å². The van der Waals surface area contributed by atoms with E-state index in [2.05, 4.69) is 12.2 Å². The third-order valence-corrected chi connectivity index (χ3v) is 2.52. The quantitative estimate of drug-likeness (QED) is 0.697. The molecule has 0 aromatic carbocycles. The molecule has 3 nitrogen and oxygen atoms in total. The van der Waals surface area contributed by atoms with Crippen molar-refractivity contribution in [2.24, 2.45) is 5.92 Å². The van der Waals surface area contributed by atoms with E-state index in [1.165, 1.54) is 12.8 Å². The third-order valence-electron chi connectivity index (χ3n) is 2.52. The first-order valence-electron chi connectivity index (χ1n) is 5.14. The van der Waals surface area contributed by atoms with E-state index in [1.54, 1.807) is 7.11 Å². The van der Waals surface area contributed by atoms with Crippen molar-refractivity contribution in [3.63, 3.8) is 0 Å². The topological polar surface area (TPSA) is 30.5 Å². The fourth-order valence-electron chi connectivity index (χ4n) is 1.54. The summed E-state index contributed by atoms with van der Waals surface area (Å²) in [6.45, 7) is 5.95. The summed E-state index contributed by atoms with van der Waals surface area (Å²) in [6.07, 6.45) is 2.82. The zero-order chi connectivity index (χ0) is 9.52. The Balaban J connectivity index is 1.98. The highest BCUT2D eigenvalue weighted by Gasteiger charge is 2.13. The summed E-state index contributed by atoms with van der Waals surface area (Å²) >= 11 is 0. The molecule has 2 atom stereocenters. The van der Waals surface area contributed by atoms with Crippen molar-refractivity contribution in [2.75, 3.05) is 33.4 Å². The van der Waals surface area contributed by atoms with Gasteiger partial charge in [0.1, 0.15) is 0 Å². The lowest BCUT2D eigenvalue weighted by atomic mass is 10.0. The van der Waals surface area contributed by atoms with Gasteiger partial charge in [-0.05, 0) is 25.7 Å². The highest BCUT2D eigenvalue weighted by Crippen LogP contribution is 2.11. The van der Waals surface area contributed by atoms with Crippen LogP contribution < -0.4 is 5.32 Å². The smallest absolute Gasteiger partial charge is 0.0667 e. The Kier molecular flexibility index (Phi) is 5.35. The van der Waals surface area contributed by atoms with E-state index in [4.69, 9.17) is 9.47 Å². The molecule has 78 valence electrons. The van der Waals surface area contributed by atoms with Crippen LogP contribution >= 0.6 is 0 Å². The number of nitrogens with one attached hydrogen (secondary N) is 1. The molecule has 1 heterocycles. The van der Waals surface area contributed by atoms with Gasteiger partial charge in [-0.15, -0.1) is 0 Å². The normalized spacial score (nSPS) is 25.8. The summed E-state index contributed by atoms with van der Waals surface area (Å²) in [5, 5.41) is 3.40. The molecule has 0 aliphatic carbocycles. The van der Waals surface area contributed by atoms with Crippen LogP contribution in [0.25, 0.3) is 0 Å². The number of hydrogen-bond acceptors (Lipinski definition) is 3. The van der Waals surface area contributed by atoms with E-state index >= 15 is 0 Å². The second-order valence-corrected chi connectivity index (χ2v) is 3.79. The number of ether oxygens (including phenoxy) is 2. The maximum atomic E-state index is 5.39. The van der Waals surface area contributed by atoms with Gasteiger partial charge in [-0.2, -0.15) is 0 Å². The van der Waals surface area contributed by atoms with Crippen LogP contribution in [0.3, 0.4) is 0 Å². The molecule has 3 heteroatoms. The molecule has 0 aromatic rings. The van der Waals surface area contributed by atoms with Crippen LogP contribution in [0.15, 0.2) is 0 Å². The third kappa shape index (κ3) is 4.60.